The molecule has 0 aliphatic carbocycles. The summed E-state index contributed by atoms with van der Waals surface area (Å²) in [5.74, 6) is 0. The van der Waals surface area contributed by atoms with E-state index in [9.17, 15) is 5.26 Å². The molecule has 1 unspecified atom stereocenters. The van der Waals surface area contributed by atoms with Crippen LogP contribution < -0.4 is 5.32 Å². The number of rotatable bonds is 4. The van der Waals surface area contributed by atoms with Gasteiger partial charge in [0.25, 0.3) is 0 Å². The molecule has 2 aromatic rings. The first-order valence-corrected chi connectivity index (χ1v) is 6.71. The maximum absolute atomic E-state index is 9.21. The molecule has 100 valence electrons. The summed E-state index contributed by atoms with van der Waals surface area (Å²) in [6.45, 7) is 7.11. The van der Waals surface area contributed by atoms with E-state index in [-0.39, 0.29) is 11.6 Å². The SMILES string of the molecule is CC(C)(C)NC(C#N)CCn1ccc2ccccc21. The van der Waals surface area contributed by atoms with Crippen molar-refractivity contribution in [3.8, 4) is 6.07 Å². The van der Waals surface area contributed by atoms with Crippen molar-refractivity contribution >= 4 is 10.9 Å². The van der Waals surface area contributed by atoms with Gasteiger partial charge in [0.1, 0.15) is 0 Å². The molecule has 3 heteroatoms. The van der Waals surface area contributed by atoms with Gasteiger partial charge in [0, 0.05) is 23.8 Å². The number of nitrogens with zero attached hydrogens (tertiary/aromatic N) is 2. The number of nitriles is 1. The molecule has 1 aromatic heterocycles. The highest BCUT2D eigenvalue weighted by Gasteiger charge is 2.16. The highest BCUT2D eigenvalue weighted by atomic mass is 15.0. The third-order valence-corrected chi connectivity index (χ3v) is 3.10. The van der Waals surface area contributed by atoms with Gasteiger partial charge in [0.15, 0.2) is 0 Å². The molecule has 3 nitrogen and oxygen atoms in total. The molecular weight excluding hydrogens is 234 g/mol. The predicted octanol–water partition coefficient (Wildman–Crippen LogP) is 3.31. The lowest BCUT2D eigenvalue weighted by atomic mass is 10.1. The standard InChI is InChI=1S/C16H21N3/c1-16(2,3)18-14(12-17)9-11-19-10-8-13-6-4-5-7-15(13)19/h4-8,10,14,18H,9,11H2,1-3H3. The van der Waals surface area contributed by atoms with Gasteiger partial charge < -0.3 is 4.57 Å². The minimum absolute atomic E-state index is 0.0286. The van der Waals surface area contributed by atoms with E-state index in [0.717, 1.165) is 13.0 Å². The Labute approximate surface area is 114 Å². The van der Waals surface area contributed by atoms with Crippen LogP contribution in [0.1, 0.15) is 27.2 Å². The molecule has 0 aliphatic heterocycles. The Morgan fingerprint density at radius 2 is 2.00 bits per heavy atom. The number of aryl methyl sites for hydroxylation is 1. The second-order valence-corrected chi connectivity index (χ2v) is 5.93. The van der Waals surface area contributed by atoms with Crippen molar-refractivity contribution in [3.05, 3.63) is 36.5 Å². The Morgan fingerprint density at radius 3 is 2.68 bits per heavy atom. The number of para-hydroxylation sites is 1. The molecule has 1 atom stereocenters. The molecular formula is C16H21N3. The molecule has 0 saturated heterocycles. The largest absolute Gasteiger partial charge is 0.347 e. The third-order valence-electron chi connectivity index (χ3n) is 3.10. The van der Waals surface area contributed by atoms with Crippen molar-refractivity contribution in [3.63, 3.8) is 0 Å². The van der Waals surface area contributed by atoms with Gasteiger partial charge in [-0.15, -0.1) is 0 Å². The van der Waals surface area contributed by atoms with E-state index < -0.39 is 0 Å². The Bertz CT molecular complexity index is 584. The lowest BCUT2D eigenvalue weighted by Gasteiger charge is -2.24. The van der Waals surface area contributed by atoms with Crippen LogP contribution in [0.5, 0.6) is 0 Å². The molecule has 1 aromatic carbocycles. The molecule has 1 N–H and O–H groups in total. The van der Waals surface area contributed by atoms with E-state index >= 15 is 0 Å². The molecule has 2 rings (SSSR count). The topological polar surface area (TPSA) is 40.8 Å². The van der Waals surface area contributed by atoms with Crippen LogP contribution in [0.3, 0.4) is 0 Å². The fourth-order valence-corrected chi connectivity index (χ4v) is 2.30. The van der Waals surface area contributed by atoms with Crippen LogP contribution in [0.15, 0.2) is 36.5 Å². The monoisotopic (exact) mass is 255 g/mol. The van der Waals surface area contributed by atoms with E-state index in [2.05, 4.69) is 61.1 Å². The number of fused-ring (bicyclic) bond motifs is 1. The predicted molar refractivity (Wildman–Crippen MR) is 78.8 cm³/mol. The zero-order valence-corrected chi connectivity index (χ0v) is 11.9. The lowest BCUT2D eigenvalue weighted by molar-refractivity contribution is 0.376. The highest BCUT2D eigenvalue weighted by molar-refractivity contribution is 5.79. The zero-order valence-electron chi connectivity index (χ0n) is 11.9. The first-order valence-electron chi connectivity index (χ1n) is 6.71. The molecule has 0 radical (unpaired) electrons. The molecule has 0 saturated carbocycles. The van der Waals surface area contributed by atoms with Crippen molar-refractivity contribution in [1.82, 2.24) is 9.88 Å². The van der Waals surface area contributed by atoms with Crippen molar-refractivity contribution in [2.45, 2.75) is 45.3 Å². The fraction of sp³-hybridized carbons (Fsp3) is 0.438. The molecule has 0 amide bonds. The van der Waals surface area contributed by atoms with E-state index in [0.29, 0.717) is 0 Å². The van der Waals surface area contributed by atoms with Gasteiger partial charge >= 0.3 is 0 Å². The Kier molecular flexibility index (Phi) is 3.92. The minimum atomic E-state index is -0.110. The van der Waals surface area contributed by atoms with Crippen LogP contribution in [-0.4, -0.2) is 16.1 Å². The highest BCUT2D eigenvalue weighted by Crippen LogP contribution is 2.16. The first-order chi connectivity index (χ1) is 8.99. The number of hydrogen-bond acceptors (Lipinski definition) is 2. The van der Waals surface area contributed by atoms with Crippen LogP contribution in [-0.2, 0) is 6.54 Å². The third kappa shape index (κ3) is 3.59. The zero-order chi connectivity index (χ0) is 13.9. The maximum Gasteiger partial charge on any atom is 0.0974 e. The Morgan fingerprint density at radius 1 is 1.26 bits per heavy atom. The summed E-state index contributed by atoms with van der Waals surface area (Å²) >= 11 is 0. The second kappa shape index (κ2) is 5.46. The number of benzene rings is 1. The normalized spacial score (nSPS) is 13.4. The van der Waals surface area contributed by atoms with Crippen molar-refractivity contribution < 1.29 is 0 Å². The van der Waals surface area contributed by atoms with E-state index in [1.54, 1.807) is 0 Å². The van der Waals surface area contributed by atoms with Crippen LogP contribution in [0.25, 0.3) is 10.9 Å². The average molecular weight is 255 g/mol. The lowest BCUT2D eigenvalue weighted by Crippen LogP contribution is -2.43. The number of hydrogen-bond donors (Lipinski definition) is 1. The summed E-state index contributed by atoms with van der Waals surface area (Å²) in [6, 6.07) is 12.7. The fourth-order valence-electron chi connectivity index (χ4n) is 2.30. The van der Waals surface area contributed by atoms with Crippen LogP contribution in [0.4, 0.5) is 0 Å². The minimum Gasteiger partial charge on any atom is -0.347 e. The second-order valence-electron chi connectivity index (χ2n) is 5.93. The van der Waals surface area contributed by atoms with E-state index in [4.69, 9.17) is 0 Å². The van der Waals surface area contributed by atoms with Gasteiger partial charge in [-0.3, -0.25) is 5.32 Å². The van der Waals surface area contributed by atoms with Crippen LogP contribution in [0.2, 0.25) is 0 Å². The van der Waals surface area contributed by atoms with E-state index in [1.807, 2.05) is 12.1 Å². The van der Waals surface area contributed by atoms with Gasteiger partial charge in [-0.05, 0) is 44.7 Å². The smallest absolute Gasteiger partial charge is 0.0974 e. The Hall–Kier alpha value is -1.79. The molecule has 1 heterocycles. The molecule has 0 spiro atoms. The summed E-state index contributed by atoms with van der Waals surface area (Å²) in [7, 11) is 0. The number of aromatic nitrogens is 1. The maximum atomic E-state index is 9.21. The van der Waals surface area contributed by atoms with Gasteiger partial charge in [-0.2, -0.15) is 5.26 Å². The molecule has 19 heavy (non-hydrogen) atoms. The summed E-state index contributed by atoms with van der Waals surface area (Å²) in [6.07, 6.45) is 2.91. The molecule has 0 bridgehead atoms. The summed E-state index contributed by atoms with van der Waals surface area (Å²) < 4.78 is 2.21. The van der Waals surface area contributed by atoms with E-state index in [1.165, 1.54) is 10.9 Å². The summed E-state index contributed by atoms with van der Waals surface area (Å²) in [5, 5.41) is 13.8. The van der Waals surface area contributed by atoms with Crippen LogP contribution in [0, 0.1) is 11.3 Å². The number of nitrogens with one attached hydrogen (secondary N) is 1. The molecule has 0 aliphatic rings. The summed E-state index contributed by atoms with van der Waals surface area (Å²) in [4.78, 5) is 0. The van der Waals surface area contributed by atoms with Gasteiger partial charge in [0.05, 0.1) is 12.1 Å². The van der Waals surface area contributed by atoms with Gasteiger partial charge in [-0.1, -0.05) is 18.2 Å². The quantitative estimate of drug-likeness (QED) is 0.910. The van der Waals surface area contributed by atoms with Crippen molar-refractivity contribution in [2.75, 3.05) is 0 Å². The molecule has 0 fully saturated rings. The van der Waals surface area contributed by atoms with Crippen molar-refractivity contribution in [1.29, 1.82) is 5.26 Å². The first kappa shape index (κ1) is 13.6. The van der Waals surface area contributed by atoms with Crippen LogP contribution >= 0.6 is 0 Å². The van der Waals surface area contributed by atoms with Gasteiger partial charge in [0.2, 0.25) is 0 Å². The Balaban J connectivity index is 2.04. The summed E-state index contributed by atoms with van der Waals surface area (Å²) in [5.41, 5.74) is 1.20. The average Bonchev–Trinajstić information content (AvgIpc) is 2.76. The van der Waals surface area contributed by atoms with Crippen molar-refractivity contribution in [2.24, 2.45) is 0 Å². The van der Waals surface area contributed by atoms with Gasteiger partial charge in [-0.25, -0.2) is 0 Å².